The molecule has 0 spiro atoms. The molecule has 106 valence electrons. The number of hydrogen-bond acceptors (Lipinski definition) is 2. The van der Waals surface area contributed by atoms with Crippen molar-refractivity contribution in [1.29, 1.82) is 0 Å². The molecular formula is C18H24N2. The van der Waals surface area contributed by atoms with Crippen LogP contribution in [0.4, 0.5) is 0 Å². The molecule has 20 heavy (non-hydrogen) atoms. The summed E-state index contributed by atoms with van der Waals surface area (Å²) in [6, 6.07) is 15.8. The van der Waals surface area contributed by atoms with E-state index in [1.165, 1.54) is 35.7 Å². The topological polar surface area (TPSA) is 15.3 Å². The van der Waals surface area contributed by atoms with Crippen LogP contribution < -0.4 is 5.32 Å². The maximum Gasteiger partial charge on any atom is 0.0446 e. The maximum absolute atomic E-state index is 3.47. The Bertz CT molecular complexity index is 574. The fraction of sp³-hybridized carbons (Fsp3) is 0.444. The van der Waals surface area contributed by atoms with Gasteiger partial charge in [-0.2, -0.15) is 0 Å². The fourth-order valence-corrected chi connectivity index (χ4v) is 2.92. The molecule has 0 saturated heterocycles. The third-order valence-corrected chi connectivity index (χ3v) is 4.29. The molecular weight excluding hydrogens is 244 g/mol. The second kappa shape index (κ2) is 5.94. The molecule has 1 N–H and O–H groups in total. The van der Waals surface area contributed by atoms with Gasteiger partial charge in [-0.3, -0.25) is 0 Å². The van der Waals surface area contributed by atoms with Crippen LogP contribution in [0.5, 0.6) is 0 Å². The lowest BCUT2D eigenvalue weighted by molar-refractivity contribution is 0.286. The molecule has 1 atom stereocenters. The summed E-state index contributed by atoms with van der Waals surface area (Å²) in [7, 11) is 4.30. The first-order valence-electron chi connectivity index (χ1n) is 7.61. The minimum atomic E-state index is 0.406. The molecule has 1 unspecified atom stereocenters. The van der Waals surface area contributed by atoms with Crippen molar-refractivity contribution in [2.45, 2.75) is 18.9 Å². The van der Waals surface area contributed by atoms with Crippen molar-refractivity contribution in [2.24, 2.45) is 5.92 Å². The van der Waals surface area contributed by atoms with Crippen LogP contribution >= 0.6 is 0 Å². The van der Waals surface area contributed by atoms with E-state index >= 15 is 0 Å². The van der Waals surface area contributed by atoms with Crippen molar-refractivity contribution in [3.63, 3.8) is 0 Å². The van der Waals surface area contributed by atoms with Gasteiger partial charge in [-0.25, -0.2) is 0 Å². The number of fused-ring (bicyclic) bond motifs is 1. The van der Waals surface area contributed by atoms with Crippen molar-refractivity contribution >= 4 is 10.8 Å². The molecule has 0 aliphatic heterocycles. The summed E-state index contributed by atoms with van der Waals surface area (Å²) in [4.78, 5) is 2.47. The average molecular weight is 268 g/mol. The summed E-state index contributed by atoms with van der Waals surface area (Å²) in [5.74, 6) is 0.953. The van der Waals surface area contributed by atoms with Crippen molar-refractivity contribution in [2.75, 3.05) is 27.2 Å². The average Bonchev–Trinajstić information content (AvgIpc) is 3.28. The SMILES string of the molecule is CNC(CN(C)CC1CC1)c1ccc2ccccc2c1. The van der Waals surface area contributed by atoms with Gasteiger partial charge in [0.1, 0.15) is 0 Å². The van der Waals surface area contributed by atoms with Crippen molar-refractivity contribution < 1.29 is 0 Å². The van der Waals surface area contributed by atoms with E-state index in [4.69, 9.17) is 0 Å². The van der Waals surface area contributed by atoms with Crippen LogP contribution in [0.3, 0.4) is 0 Å². The second-order valence-corrected chi connectivity index (χ2v) is 6.11. The van der Waals surface area contributed by atoms with Crippen LogP contribution in [0.2, 0.25) is 0 Å². The number of hydrogen-bond donors (Lipinski definition) is 1. The van der Waals surface area contributed by atoms with Gasteiger partial charge >= 0.3 is 0 Å². The maximum atomic E-state index is 3.47. The summed E-state index contributed by atoms with van der Waals surface area (Å²) in [5, 5.41) is 6.11. The van der Waals surface area contributed by atoms with E-state index in [1.54, 1.807) is 0 Å². The highest BCUT2D eigenvalue weighted by atomic mass is 15.1. The molecule has 1 saturated carbocycles. The monoisotopic (exact) mass is 268 g/mol. The lowest BCUT2D eigenvalue weighted by Crippen LogP contribution is -2.32. The zero-order chi connectivity index (χ0) is 13.9. The Morgan fingerprint density at radius 2 is 1.90 bits per heavy atom. The van der Waals surface area contributed by atoms with E-state index < -0.39 is 0 Å². The lowest BCUT2D eigenvalue weighted by atomic mass is 10.0. The molecule has 0 aromatic heterocycles. The van der Waals surface area contributed by atoms with Gasteiger partial charge in [-0.1, -0.05) is 36.4 Å². The molecule has 1 aliphatic carbocycles. The number of likely N-dealkylation sites (N-methyl/N-ethyl adjacent to an activating group) is 2. The number of rotatable bonds is 6. The Morgan fingerprint density at radius 1 is 1.15 bits per heavy atom. The summed E-state index contributed by atoms with van der Waals surface area (Å²) in [6.45, 7) is 2.32. The van der Waals surface area contributed by atoms with E-state index in [0.29, 0.717) is 6.04 Å². The fourth-order valence-electron chi connectivity index (χ4n) is 2.92. The Labute approximate surface area is 121 Å². The highest BCUT2D eigenvalue weighted by Crippen LogP contribution is 2.30. The molecule has 2 aromatic rings. The Hall–Kier alpha value is -1.38. The third kappa shape index (κ3) is 3.20. The molecule has 2 heteroatoms. The summed E-state index contributed by atoms with van der Waals surface area (Å²) in [5.41, 5.74) is 1.38. The molecule has 0 bridgehead atoms. The Morgan fingerprint density at radius 3 is 2.60 bits per heavy atom. The first-order valence-corrected chi connectivity index (χ1v) is 7.61. The van der Waals surface area contributed by atoms with Gasteiger partial charge in [0, 0.05) is 19.1 Å². The predicted molar refractivity (Wildman–Crippen MR) is 86.0 cm³/mol. The van der Waals surface area contributed by atoms with Crippen LogP contribution in [0.25, 0.3) is 10.8 Å². The molecule has 0 amide bonds. The van der Waals surface area contributed by atoms with Crippen LogP contribution in [0, 0.1) is 5.92 Å². The van der Waals surface area contributed by atoms with Gasteiger partial charge < -0.3 is 10.2 Å². The molecule has 3 rings (SSSR count). The van der Waals surface area contributed by atoms with Gasteiger partial charge in [0.05, 0.1) is 0 Å². The standard InChI is InChI=1S/C18H24N2/c1-19-18(13-20(2)12-14-7-8-14)17-10-9-15-5-3-4-6-16(15)11-17/h3-6,9-11,14,18-19H,7-8,12-13H2,1-2H3. The number of benzene rings is 2. The molecule has 1 aliphatic rings. The van der Waals surface area contributed by atoms with Crippen LogP contribution in [0.15, 0.2) is 42.5 Å². The smallest absolute Gasteiger partial charge is 0.0446 e. The number of nitrogens with one attached hydrogen (secondary N) is 1. The van der Waals surface area contributed by atoms with Crippen molar-refractivity contribution in [1.82, 2.24) is 10.2 Å². The third-order valence-electron chi connectivity index (χ3n) is 4.29. The largest absolute Gasteiger partial charge is 0.312 e. The summed E-state index contributed by atoms with van der Waals surface area (Å²) >= 11 is 0. The highest BCUT2D eigenvalue weighted by molar-refractivity contribution is 5.83. The second-order valence-electron chi connectivity index (χ2n) is 6.11. The summed E-state index contributed by atoms with van der Waals surface area (Å²) in [6.07, 6.45) is 2.84. The van der Waals surface area contributed by atoms with Crippen LogP contribution in [-0.4, -0.2) is 32.1 Å². The van der Waals surface area contributed by atoms with E-state index in [0.717, 1.165) is 12.5 Å². The van der Waals surface area contributed by atoms with E-state index in [1.807, 2.05) is 0 Å². The molecule has 0 radical (unpaired) electrons. The van der Waals surface area contributed by atoms with Gasteiger partial charge in [0.2, 0.25) is 0 Å². The Balaban J connectivity index is 1.75. The van der Waals surface area contributed by atoms with Gasteiger partial charge in [-0.15, -0.1) is 0 Å². The van der Waals surface area contributed by atoms with Crippen LogP contribution in [0.1, 0.15) is 24.4 Å². The first kappa shape index (κ1) is 13.6. The highest BCUT2D eigenvalue weighted by Gasteiger charge is 2.23. The lowest BCUT2D eigenvalue weighted by Gasteiger charge is -2.24. The minimum Gasteiger partial charge on any atom is -0.312 e. The number of nitrogens with zero attached hydrogens (tertiary/aromatic N) is 1. The van der Waals surface area contributed by atoms with Crippen molar-refractivity contribution in [3.05, 3.63) is 48.0 Å². The first-order chi connectivity index (χ1) is 9.76. The van der Waals surface area contributed by atoms with E-state index in [2.05, 4.69) is 66.8 Å². The molecule has 0 heterocycles. The zero-order valence-corrected chi connectivity index (χ0v) is 12.5. The van der Waals surface area contributed by atoms with Gasteiger partial charge in [-0.05, 0) is 55.3 Å². The molecule has 2 nitrogen and oxygen atoms in total. The normalized spacial score (nSPS) is 16.8. The molecule has 1 fully saturated rings. The van der Waals surface area contributed by atoms with E-state index in [9.17, 15) is 0 Å². The quantitative estimate of drug-likeness (QED) is 0.863. The minimum absolute atomic E-state index is 0.406. The van der Waals surface area contributed by atoms with E-state index in [-0.39, 0.29) is 0 Å². The Kier molecular flexibility index (Phi) is 4.04. The van der Waals surface area contributed by atoms with Crippen molar-refractivity contribution in [3.8, 4) is 0 Å². The summed E-state index contributed by atoms with van der Waals surface area (Å²) < 4.78 is 0. The predicted octanol–water partition coefficient (Wildman–Crippen LogP) is 3.44. The zero-order valence-electron chi connectivity index (χ0n) is 12.5. The van der Waals surface area contributed by atoms with Crippen LogP contribution in [-0.2, 0) is 0 Å². The van der Waals surface area contributed by atoms with Gasteiger partial charge in [0.25, 0.3) is 0 Å². The molecule has 2 aromatic carbocycles. The van der Waals surface area contributed by atoms with Gasteiger partial charge in [0.15, 0.2) is 0 Å².